The van der Waals surface area contributed by atoms with E-state index < -0.39 is 0 Å². The number of fused-ring (bicyclic) bond motifs is 1. The number of anilines is 3. The highest BCUT2D eigenvalue weighted by molar-refractivity contribution is 7.99. The van der Waals surface area contributed by atoms with Gasteiger partial charge < -0.3 is 15.0 Å². The van der Waals surface area contributed by atoms with Crippen LogP contribution in [-0.2, 0) is 11.3 Å². The van der Waals surface area contributed by atoms with Crippen LogP contribution < -0.4 is 15.0 Å². The molecule has 0 saturated heterocycles. The van der Waals surface area contributed by atoms with E-state index in [2.05, 4.69) is 20.4 Å². The molecule has 1 aromatic heterocycles. The van der Waals surface area contributed by atoms with E-state index in [0.717, 1.165) is 35.6 Å². The van der Waals surface area contributed by atoms with Crippen molar-refractivity contribution in [1.82, 2.24) is 14.8 Å². The Labute approximate surface area is 178 Å². The fraction of sp³-hybridized carbons (Fsp3) is 0.250. The van der Waals surface area contributed by atoms with E-state index in [1.54, 1.807) is 24.3 Å². The first-order valence-corrected chi connectivity index (χ1v) is 10.6. The van der Waals surface area contributed by atoms with Crippen molar-refractivity contribution in [2.45, 2.75) is 18.6 Å². The number of hydrogen-bond acceptors (Lipinski definition) is 6. The summed E-state index contributed by atoms with van der Waals surface area (Å²) in [5.41, 5.74) is 1.75. The van der Waals surface area contributed by atoms with Crippen LogP contribution in [0.2, 0.25) is 5.02 Å². The molecule has 9 heteroatoms. The fourth-order valence-corrected chi connectivity index (χ4v) is 3.96. The summed E-state index contributed by atoms with van der Waals surface area (Å²) in [6, 6.07) is 15.0. The van der Waals surface area contributed by atoms with Gasteiger partial charge in [0, 0.05) is 29.5 Å². The van der Waals surface area contributed by atoms with Crippen LogP contribution in [0.5, 0.6) is 5.75 Å². The predicted octanol–water partition coefficient (Wildman–Crippen LogP) is 4.21. The molecule has 1 N–H and O–H groups in total. The van der Waals surface area contributed by atoms with Gasteiger partial charge in [0.05, 0.1) is 12.4 Å². The third-order valence-corrected chi connectivity index (χ3v) is 5.62. The number of rotatable bonds is 7. The van der Waals surface area contributed by atoms with Crippen molar-refractivity contribution < 1.29 is 9.53 Å². The molecule has 0 bridgehead atoms. The largest absolute Gasteiger partial charge is 0.494 e. The summed E-state index contributed by atoms with van der Waals surface area (Å²) in [6.45, 7) is 4.19. The first-order chi connectivity index (χ1) is 14.1. The van der Waals surface area contributed by atoms with E-state index in [-0.39, 0.29) is 11.7 Å². The van der Waals surface area contributed by atoms with Gasteiger partial charge in [0.2, 0.25) is 11.9 Å². The van der Waals surface area contributed by atoms with Gasteiger partial charge in [-0.2, -0.15) is 0 Å². The third-order valence-electron chi connectivity index (χ3n) is 4.41. The molecule has 0 saturated carbocycles. The molecular formula is C20H20ClN5O2S. The van der Waals surface area contributed by atoms with Crippen LogP contribution in [-0.4, -0.2) is 39.6 Å². The van der Waals surface area contributed by atoms with E-state index in [4.69, 9.17) is 16.3 Å². The van der Waals surface area contributed by atoms with Crippen molar-refractivity contribution in [3.8, 4) is 5.75 Å². The summed E-state index contributed by atoms with van der Waals surface area (Å²) in [6.07, 6.45) is 0. The molecular weight excluding hydrogens is 410 g/mol. The molecule has 7 nitrogen and oxygen atoms in total. The predicted molar refractivity (Wildman–Crippen MR) is 115 cm³/mol. The number of amides is 1. The highest BCUT2D eigenvalue weighted by Crippen LogP contribution is 2.32. The fourth-order valence-electron chi connectivity index (χ4n) is 3.08. The van der Waals surface area contributed by atoms with Crippen LogP contribution >= 0.6 is 23.4 Å². The number of hydrogen-bond donors (Lipinski definition) is 1. The van der Waals surface area contributed by atoms with Gasteiger partial charge in [-0.15, -0.1) is 10.2 Å². The molecule has 2 aromatic carbocycles. The third kappa shape index (κ3) is 4.49. The number of aromatic nitrogens is 3. The lowest BCUT2D eigenvalue weighted by molar-refractivity contribution is -0.113. The Bertz CT molecular complexity index is 991. The number of ether oxygens (including phenoxy) is 1. The lowest BCUT2D eigenvalue weighted by Crippen LogP contribution is -2.14. The molecule has 0 unspecified atom stereocenters. The monoisotopic (exact) mass is 429 g/mol. The summed E-state index contributed by atoms with van der Waals surface area (Å²) >= 11 is 7.24. The highest BCUT2D eigenvalue weighted by Gasteiger charge is 2.26. The summed E-state index contributed by atoms with van der Waals surface area (Å²) in [4.78, 5) is 14.3. The average molecular weight is 430 g/mol. The maximum atomic E-state index is 12.2. The number of nitrogens with one attached hydrogen (secondary N) is 1. The Balaban J connectivity index is 1.38. The Hall–Kier alpha value is -2.71. The molecule has 0 atom stereocenters. The first-order valence-electron chi connectivity index (χ1n) is 9.26. The second-order valence-corrected chi connectivity index (χ2v) is 7.74. The van der Waals surface area contributed by atoms with Crippen molar-refractivity contribution in [3.63, 3.8) is 0 Å². The van der Waals surface area contributed by atoms with Crippen molar-refractivity contribution in [3.05, 3.63) is 53.6 Å². The smallest absolute Gasteiger partial charge is 0.234 e. The summed E-state index contributed by atoms with van der Waals surface area (Å²) in [5, 5.41) is 12.8. The van der Waals surface area contributed by atoms with Gasteiger partial charge in [-0.1, -0.05) is 23.4 Å². The topological polar surface area (TPSA) is 72.3 Å². The molecule has 0 spiro atoms. The Morgan fingerprint density at radius 1 is 1.14 bits per heavy atom. The molecule has 0 aliphatic carbocycles. The van der Waals surface area contributed by atoms with Crippen LogP contribution in [0.4, 0.5) is 17.3 Å². The highest BCUT2D eigenvalue weighted by atomic mass is 35.5. The van der Waals surface area contributed by atoms with Crippen molar-refractivity contribution in [1.29, 1.82) is 0 Å². The van der Waals surface area contributed by atoms with Gasteiger partial charge in [0.25, 0.3) is 0 Å². The van der Waals surface area contributed by atoms with Crippen molar-refractivity contribution in [2.24, 2.45) is 0 Å². The van der Waals surface area contributed by atoms with Crippen LogP contribution in [0.3, 0.4) is 0 Å². The van der Waals surface area contributed by atoms with Gasteiger partial charge in [-0.25, -0.2) is 0 Å². The summed E-state index contributed by atoms with van der Waals surface area (Å²) in [5.74, 6) is 1.79. The number of halogens is 1. The molecule has 0 fully saturated rings. The second-order valence-electron chi connectivity index (χ2n) is 6.36. The van der Waals surface area contributed by atoms with Gasteiger partial charge in [-0.3, -0.25) is 9.36 Å². The average Bonchev–Trinajstić information content (AvgIpc) is 3.31. The number of carbonyl (C=O) groups is 1. The Morgan fingerprint density at radius 2 is 1.90 bits per heavy atom. The molecule has 1 aliphatic heterocycles. The quantitative estimate of drug-likeness (QED) is 0.567. The number of thioether (sulfide) groups is 1. The van der Waals surface area contributed by atoms with E-state index in [1.807, 2.05) is 35.8 Å². The molecule has 1 aliphatic rings. The first kappa shape index (κ1) is 19.6. The molecule has 0 radical (unpaired) electrons. The second kappa shape index (κ2) is 8.75. The molecule has 29 heavy (non-hydrogen) atoms. The van der Waals surface area contributed by atoms with Gasteiger partial charge >= 0.3 is 0 Å². The normalized spacial score (nSPS) is 12.7. The van der Waals surface area contributed by atoms with Crippen LogP contribution in [0.15, 0.2) is 53.7 Å². The summed E-state index contributed by atoms with van der Waals surface area (Å²) in [7, 11) is 0. The van der Waals surface area contributed by atoms with Gasteiger partial charge in [0.1, 0.15) is 5.75 Å². The standard InChI is InChI=1S/C20H20ClN5O2S/c1-2-28-17-9-7-16(8-10-17)25-11-12-26-19(25)23-24-20(26)29-13-18(27)22-15-5-3-14(21)4-6-15/h3-10H,2,11-13H2,1H3,(H,22,27). The van der Waals surface area contributed by atoms with Crippen LogP contribution in [0.25, 0.3) is 0 Å². The minimum Gasteiger partial charge on any atom is -0.494 e. The molecule has 2 heterocycles. The number of nitrogens with zero attached hydrogens (tertiary/aromatic N) is 4. The summed E-state index contributed by atoms with van der Waals surface area (Å²) < 4.78 is 7.54. The van der Waals surface area contributed by atoms with Crippen LogP contribution in [0, 0.1) is 0 Å². The lowest BCUT2D eigenvalue weighted by Gasteiger charge is -2.15. The number of carbonyl (C=O) groups excluding carboxylic acids is 1. The van der Waals surface area contributed by atoms with E-state index in [1.165, 1.54) is 11.8 Å². The zero-order chi connectivity index (χ0) is 20.2. The van der Waals surface area contributed by atoms with E-state index in [0.29, 0.717) is 17.3 Å². The SMILES string of the molecule is CCOc1ccc(N2CCn3c(SCC(=O)Nc4ccc(Cl)cc4)nnc32)cc1. The zero-order valence-corrected chi connectivity index (χ0v) is 17.4. The molecule has 150 valence electrons. The zero-order valence-electron chi connectivity index (χ0n) is 15.8. The van der Waals surface area contributed by atoms with Gasteiger partial charge in [0.15, 0.2) is 5.16 Å². The molecule has 1 amide bonds. The maximum Gasteiger partial charge on any atom is 0.234 e. The molecule has 4 rings (SSSR count). The lowest BCUT2D eigenvalue weighted by atomic mass is 10.3. The minimum absolute atomic E-state index is 0.101. The molecule has 3 aromatic rings. The van der Waals surface area contributed by atoms with Crippen LogP contribution in [0.1, 0.15) is 6.92 Å². The Kier molecular flexibility index (Phi) is 5.92. The van der Waals surface area contributed by atoms with E-state index >= 15 is 0 Å². The number of benzene rings is 2. The van der Waals surface area contributed by atoms with E-state index in [9.17, 15) is 4.79 Å². The minimum atomic E-state index is -0.101. The van der Waals surface area contributed by atoms with Crippen molar-refractivity contribution in [2.75, 3.05) is 29.1 Å². The Morgan fingerprint density at radius 3 is 2.62 bits per heavy atom. The maximum absolute atomic E-state index is 12.2. The van der Waals surface area contributed by atoms with Gasteiger partial charge in [-0.05, 0) is 55.5 Å². The van der Waals surface area contributed by atoms with Crippen molar-refractivity contribution >= 4 is 46.6 Å².